The maximum absolute atomic E-state index is 12.3. The molecule has 0 saturated heterocycles. The molecule has 0 bridgehead atoms. The summed E-state index contributed by atoms with van der Waals surface area (Å²) in [5, 5.41) is 6.43. The van der Waals surface area contributed by atoms with Gasteiger partial charge in [0.1, 0.15) is 0 Å². The predicted molar refractivity (Wildman–Crippen MR) is 79.3 cm³/mol. The SMILES string of the molecule is Cc1[nH]nc(S(=O)(=O)NC(C)c2ccc(Cl)s2)c1CN. The van der Waals surface area contributed by atoms with Crippen LogP contribution in [0.1, 0.15) is 29.1 Å². The van der Waals surface area contributed by atoms with E-state index in [1.54, 1.807) is 26.0 Å². The van der Waals surface area contributed by atoms with Crippen molar-refractivity contribution in [1.82, 2.24) is 14.9 Å². The summed E-state index contributed by atoms with van der Waals surface area (Å²) in [6.07, 6.45) is 0. The van der Waals surface area contributed by atoms with Crippen molar-refractivity contribution in [2.45, 2.75) is 31.5 Å². The number of aromatic amines is 1. The minimum atomic E-state index is -3.73. The summed E-state index contributed by atoms with van der Waals surface area (Å²) in [4.78, 5) is 0.833. The molecular formula is C11H15ClN4O2S2. The lowest BCUT2D eigenvalue weighted by atomic mass is 10.3. The second-order valence-electron chi connectivity index (χ2n) is 4.32. The van der Waals surface area contributed by atoms with Gasteiger partial charge in [-0.3, -0.25) is 5.10 Å². The van der Waals surface area contributed by atoms with E-state index in [1.165, 1.54) is 11.3 Å². The van der Waals surface area contributed by atoms with E-state index < -0.39 is 10.0 Å². The number of nitrogens with two attached hydrogens (primary N) is 1. The van der Waals surface area contributed by atoms with Crippen molar-refractivity contribution >= 4 is 33.0 Å². The third kappa shape index (κ3) is 3.04. The van der Waals surface area contributed by atoms with Gasteiger partial charge in [0, 0.05) is 22.7 Å². The van der Waals surface area contributed by atoms with E-state index in [2.05, 4.69) is 14.9 Å². The second kappa shape index (κ2) is 5.82. The lowest BCUT2D eigenvalue weighted by Gasteiger charge is -2.12. The van der Waals surface area contributed by atoms with Gasteiger partial charge in [-0.1, -0.05) is 11.6 Å². The fraction of sp³-hybridized carbons (Fsp3) is 0.364. The number of aromatic nitrogens is 2. The zero-order valence-electron chi connectivity index (χ0n) is 11.0. The molecule has 0 radical (unpaired) electrons. The van der Waals surface area contributed by atoms with Crippen LogP contribution in [0.5, 0.6) is 0 Å². The molecule has 1 atom stereocenters. The Morgan fingerprint density at radius 3 is 2.80 bits per heavy atom. The van der Waals surface area contributed by atoms with Gasteiger partial charge in [0.05, 0.1) is 10.4 Å². The van der Waals surface area contributed by atoms with Crippen molar-refractivity contribution in [3.8, 4) is 0 Å². The minimum absolute atomic E-state index is 0.0491. The van der Waals surface area contributed by atoms with Crippen LogP contribution in [0.4, 0.5) is 0 Å². The molecule has 20 heavy (non-hydrogen) atoms. The van der Waals surface area contributed by atoms with Gasteiger partial charge in [-0.2, -0.15) is 5.10 Å². The fourth-order valence-corrected chi connectivity index (χ4v) is 4.37. The Morgan fingerprint density at radius 2 is 2.25 bits per heavy atom. The second-order valence-corrected chi connectivity index (χ2v) is 7.70. The van der Waals surface area contributed by atoms with Crippen LogP contribution in [-0.2, 0) is 16.6 Å². The third-order valence-electron chi connectivity index (χ3n) is 2.85. The van der Waals surface area contributed by atoms with E-state index in [0.29, 0.717) is 15.6 Å². The van der Waals surface area contributed by atoms with Gasteiger partial charge in [-0.25, -0.2) is 13.1 Å². The smallest absolute Gasteiger partial charge is 0.260 e. The molecule has 1 unspecified atom stereocenters. The number of rotatable bonds is 5. The summed E-state index contributed by atoms with van der Waals surface area (Å²) in [5.41, 5.74) is 6.72. The summed E-state index contributed by atoms with van der Waals surface area (Å²) in [6, 6.07) is 3.14. The van der Waals surface area contributed by atoms with Crippen LogP contribution in [0.25, 0.3) is 0 Å². The number of hydrogen-bond donors (Lipinski definition) is 3. The van der Waals surface area contributed by atoms with Crippen LogP contribution in [-0.4, -0.2) is 18.6 Å². The Labute approximate surface area is 126 Å². The summed E-state index contributed by atoms with van der Waals surface area (Å²) < 4.78 is 27.9. The highest BCUT2D eigenvalue weighted by atomic mass is 35.5. The van der Waals surface area contributed by atoms with Gasteiger partial charge in [0.2, 0.25) is 0 Å². The highest BCUT2D eigenvalue weighted by Gasteiger charge is 2.25. The number of H-pyrrole nitrogens is 1. The first-order chi connectivity index (χ1) is 9.35. The third-order valence-corrected chi connectivity index (χ3v) is 5.77. The van der Waals surface area contributed by atoms with Gasteiger partial charge < -0.3 is 5.73 Å². The molecule has 0 aliphatic rings. The molecule has 0 aliphatic heterocycles. The van der Waals surface area contributed by atoms with Crippen molar-refractivity contribution in [2.24, 2.45) is 5.73 Å². The largest absolute Gasteiger partial charge is 0.326 e. The van der Waals surface area contributed by atoms with Crippen LogP contribution >= 0.6 is 22.9 Å². The normalized spacial score (nSPS) is 13.6. The number of hydrogen-bond acceptors (Lipinski definition) is 5. The monoisotopic (exact) mass is 334 g/mol. The van der Waals surface area contributed by atoms with Crippen LogP contribution in [0.3, 0.4) is 0 Å². The molecule has 0 aliphatic carbocycles. The van der Waals surface area contributed by atoms with Crippen LogP contribution in [0, 0.1) is 6.92 Å². The summed E-state index contributed by atoms with van der Waals surface area (Å²) in [6.45, 7) is 3.59. The first kappa shape index (κ1) is 15.5. The van der Waals surface area contributed by atoms with Gasteiger partial charge >= 0.3 is 0 Å². The first-order valence-corrected chi connectivity index (χ1v) is 8.54. The van der Waals surface area contributed by atoms with Crippen LogP contribution in [0.15, 0.2) is 17.2 Å². The number of halogens is 1. The van der Waals surface area contributed by atoms with E-state index in [-0.39, 0.29) is 17.6 Å². The average Bonchev–Trinajstić information content (AvgIpc) is 2.95. The number of nitrogens with one attached hydrogen (secondary N) is 2. The first-order valence-electron chi connectivity index (χ1n) is 5.86. The topological polar surface area (TPSA) is 101 Å². The molecule has 6 nitrogen and oxygen atoms in total. The highest BCUT2D eigenvalue weighted by Crippen LogP contribution is 2.28. The average molecular weight is 335 g/mol. The molecule has 0 spiro atoms. The molecule has 2 heterocycles. The number of sulfonamides is 1. The Kier molecular flexibility index (Phi) is 4.50. The maximum atomic E-state index is 12.3. The molecule has 4 N–H and O–H groups in total. The fourth-order valence-electron chi connectivity index (χ4n) is 1.80. The van der Waals surface area contributed by atoms with Crippen molar-refractivity contribution < 1.29 is 8.42 Å². The predicted octanol–water partition coefficient (Wildman–Crippen LogP) is 1.93. The Bertz CT molecular complexity index is 708. The van der Waals surface area contributed by atoms with E-state index >= 15 is 0 Å². The Morgan fingerprint density at radius 1 is 1.55 bits per heavy atom. The lowest BCUT2D eigenvalue weighted by molar-refractivity contribution is 0.563. The molecule has 0 aromatic carbocycles. The van der Waals surface area contributed by atoms with E-state index in [0.717, 1.165) is 4.88 Å². The summed E-state index contributed by atoms with van der Waals surface area (Å²) >= 11 is 7.18. The Balaban J connectivity index is 2.27. The van der Waals surface area contributed by atoms with Gasteiger partial charge in [-0.05, 0) is 26.0 Å². The zero-order chi connectivity index (χ0) is 14.9. The number of aryl methyl sites for hydroxylation is 1. The maximum Gasteiger partial charge on any atom is 0.260 e. The molecule has 0 fully saturated rings. The number of thiophene rings is 1. The molecule has 0 saturated carbocycles. The molecular weight excluding hydrogens is 320 g/mol. The zero-order valence-corrected chi connectivity index (χ0v) is 13.4. The minimum Gasteiger partial charge on any atom is -0.326 e. The summed E-state index contributed by atoms with van der Waals surface area (Å²) in [5.74, 6) is 0. The lowest BCUT2D eigenvalue weighted by Crippen LogP contribution is -2.27. The quantitative estimate of drug-likeness (QED) is 0.777. The van der Waals surface area contributed by atoms with Gasteiger partial charge in [0.25, 0.3) is 10.0 Å². The molecule has 0 amide bonds. The van der Waals surface area contributed by atoms with Crippen molar-refractivity contribution in [1.29, 1.82) is 0 Å². The van der Waals surface area contributed by atoms with Crippen molar-refractivity contribution in [3.05, 3.63) is 32.6 Å². The van der Waals surface area contributed by atoms with Gasteiger partial charge in [0.15, 0.2) is 5.03 Å². The molecule has 2 aromatic rings. The standard InChI is InChI=1S/C11H15ClN4O2S2/c1-6-8(5-13)11(15-14-6)20(17,18)16-7(2)9-3-4-10(12)19-9/h3-4,7,16H,5,13H2,1-2H3,(H,14,15). The molecule has 2 rings (SSSR count). The molecule has 9 heteroatoms. The molecule has 2 aromatic heterocycles. The highest BCUT2D eigenvalue weighted by molar-refractivity contribution is 7.89. The van der Waals surface area contributed by atoms with E-state index in [1.807, 2.05) is 0 Å². The van der Waals surface area contributed by atoms with E-state index in [4.69, 9.17) is 17.3 Å². The summed E-state index contributed by atoms with van der Waals surface area (Å²) in [7, 11) is -3.73. The van der Waals surface area contributed by atoms with Crippen LogP contribution < -0.4 is 10.5 Å². The van der Waals surface area contributed by atoms with Crippen LogP contribution in [0.2, 0.25) is 4.34 Å². The van der Waals surface area contributed by atoms with E-state index in [9.17, 15) is 8.42 Å². The number of nitrogens with zero attached hydrogens (tertiary/aromatic N) is 1. The van der Waals surface area contributed by atoms with Crippen molar-refractivity contribution in [2.75, 3.05) is 0 Å². The van der Waals surface area contributed by atoms with Gasteiger partial charge in [-0.15, -0.1) is 11.3 Å². The van der Waals surface area contributed by atoms with Crippen molar-refractivity contribution in [3.63, 3.8) is 0 Å². The molecule has 110 valence electrons. The Hall–Kier alpha value is -0.930.